The second kappa shape index (κ2) is 8.90. The molecule has 5 rings (SSSR count). The quantitative estimate of drug-likeness (QED) is 0.456. The van der Waals surface area contributed by atoms with E-state index in [0.717, 1.165) is 42.0 Å². The number of urea groups is 1. The van der Waals surface area contributed by atoms with E-state index in [1.165, 1.54) is 11.0 Å². The molecule has 1 N–H and O–H groups in total. The zero-order chi connectivity index (χ0) is 22.8. The van der Waals surface area contributed by atoms with E-state index in [2.05, 4.69) is 23.5 Å². The molecule has 3 aromatic rings. The summed E-state index contributed by atoms with van der Waals surface area (Å²) >= 11 is 0. The van der Waals surface area contributed by atoms with Crippen LogP contribution >= 0.6 is 0 Å². The fourth-order valence-corrected chi connectivity index (χ4v) is 4.63. The summed E-state index contributed by atoms with van der Waals surface area (Å²) in [4.78, 5) is 39.2. The van der Waals surface area contributed by atoms with Crippen LogP contribution in [-0.2, 0) is 16.2 Å². The highest BCUT2D eigenvalue weighted by Crippen LogP contribution is 2.29. The van der Waals surface area contributed by atoms with Crippen LogP contribution in [0.3, 0.4) is 0 Å². The predicted molar refractivity (Wildman–Crippen MR) is 125 cm³/mol. The van der Waals surface area contributed by atoms with E-state index in [0.29, 0.717) is 17.9 Å². The van der Waals surface area contributed by atoms with Crippen molar-refractivity contribution in [3.05, 3.63) is 83.4 Å². The van der Waals surface area contributed by atoms with Gasteiger partial charge < -0.3 is 4.74 Å². The Kier molecular flexibility index (Phi) is 5.65. The maximum Gasteiger partial charge on any atom is 0.331 e. The van der Waals surface area contributed by atoms with Gasteiger partial charge in [-0.05, 0) is 41.3 Å². The van der Waals surface area contributed by atoms with Gasteiger partial charge in [0.05, 0.1) is 0 Å². The first-order chi connectivity index (χ1) is 16.1. The number of benzene rings is 3. The van der Waals surface area contributed by atoms with Gasteiger partial charge >= 0.3 is 6.03 Å². The number of barbiturate groups is 1. The van der Waals surface area contributed by atoms with Crippen LogP contribution < -0.4 is 10.1 Å². The summed E-state index contributed by atoms with van der Waals surface area (Å²) in [5.41, 5.74) is 1.60. The Hall–Kier alpha value is -3.93. The van der Waals surface area contributed by atoms with Gasteiger partial charge in [0.15, 0.2) is 0 Å². The Labute approximate surface area is 191 Å². The van der Waals surface area contributed by atoms with Gasteiger partial charge in [-0.2, -0.15) is 0 Å². The molecule has 3 aromatic carbocycles. The number of imide groups is 2. The maximum atomic E-state index is 13.1. The minimum absolute atomic E-state index is 0.0530. The van der Waals surface area contributed by atoms with E-state index in [4.69, 9.17) is 4.74 Å². The van der Waals surface area contributed by atoms with Crippen molar-refractivity contribution in [2.24, 2.45) is 0 Å². The van der Waals surface area contributed by atoms with E-state index >= 15 is 0 Å². The number of nitrogens with zero attached hydrogens (tertiary/aromatic N) is 1. The molecule has 2 fully saturated rings. The van der Waals surface area contributed by atoms with Crippen LogP contribution in [-0.4, -0.2) is 28.8 Å². The predicted octanol–water partition coefficient (Wildman–Crippen LogP) is 4.82. The Morgan fingerprint density at radius 3 is 2.48 bits per heavy atom. The summed E-state index contributed by atoms with van der Waals surface area (Å²) in [6.45, 7) is 0.342. The Bertz CT molecular complexity index is 1270. The average molecular weight is 440 g/mol. The Morgan fingerprint density at radius 1 is 0.909 bits per heavy atom. The Balaban J connectivity index is 1.42. The third-order valence-corrected chi connectivity index (χ3v) is 6.30. The smallest absolute Gasteiger partial charge is 0.331 e. The molecule has 0 radical (unpaired) electrons. The molecule has 1 saturated carbocycles. The van der Waals surface area contributed by atoms with Crippen molar-refractivity contribution < 1.29 is 19.1 Å². The summed E-state index contributed by atoms with van der Waals surface area (Å²) in [6, 6.07) is 20.7. The first-order valence-corrected chi connectivity index (χ1v) is 11.2. The van der Waals surface area contributed by atoms with Gasteiger partial charge in [0, 0.05) is 11.6 Å². The highest BCUT2D eigenvalue weighted by molar-refractivity contribution is 6.31. The topological polar surface area (TPSA) is 75.7 Å². The van der Waals surface area contributed by atoms with Crippen molar-refractivity contribution in [2.75, 3.05) is 0 Å². The van der Waals surface area contributed by atoms with Crippen LogP contribution in [0.1, 0.15) is 36.8 Å². The molecule has 2 aliphatic rings. The fourth-order valence-electron chi connectivity index (χ4n) is 4.63. The zero-order valence-corrected chi connectivity index (χ0v) is 18.1. The monoisotopic (exact) mass is 440 g/mol. The van der Waals surface area contributed by atoms with Crippen LogP contribution in [0.5, 0.6) is 5.75 Å². The third-order valence-electron chi connectivity index (χ3n) is 6.30. The molecule has 0 aromatic heterocycles. The van der Waals surface area contributed by atoms with Gasteiger partial charge in [-0.3, -0.25) is 19.8 Å². The zero-order valence-electron chi connectivity index (χ0n) is 18.1. The minimum Gasteiger partial charge on any atom is -0.488 e. The number of hydrogen-bond donors (Lipinski definition) is 1. The number of rotatable bonds is 5. The molecule has 6 heteroatoms. The summed E-state index contributed by atoms with van der Waals surface area (Å²) in [5, 5.41) is 4.57. The first-order valence-electron chi connectivity index (χ1n) is 11.2. The van der Waals surface area contributed by atoms with Crippen LogP contribution in [0.25, 0.3) is 16.8 Å². The third kappa shape index (κ3) is 4.12. The number of hydrogen-bond acceptors (Lipinski definition) is 4. The summed E-state index contributed by atoms with van der Waals surface area (Å²) in [7, 11) is 0. The maximum absolute atomic E-state index is 13.1. The van der Waals surface area contributed by atoms with Crippen molar-refractivity contribution in [3.63, 3.8) is 0 Å². The van der Waals surface area contributed by atoms with Gasteiger partial charge in [0.2, 0.25) is 0 Å². The summed E-state index contributed by atoms with van der Waals surface area (Å²) in [6.07, 6.45) is 5.00. The van der Waals surface area contributed by atoms with Crippen LogP contribution in [0.15, 0.2) is 72.3 Å². The van der Waals surface area contributed by atoms with Crippen LogP contribution in [0, 0.1) is 0 Å². The molecule has 1 saturated heterocycles. The molecule has 0 unspecified atom stereocenters. The number of ether oxygens (including phenoxy) is 1. The van der Waals surface area contributed by atoms with Gasteiger partial charge in [0.25, 0.3) is 11.8 Å². The number of fused-ring (bicyclic) bond motifs is 1. The molecule has 0 spiro atoms. The normalized spacial score (nSPS) is 18.2. The molecule has 1 aliphatic heterocycles. The van der Waals surface area contributed by atoms with E-state index in [1.54, 1.807) is 6.07 Å². The van der Waals surface area contributed by atoms with E-state index in [-0.39, 0.29) is 11.6 Å². The minimum atomic E-state index is -0.678. The molecule has 1 heterocycles. The lowest BCUT2D eigenvalue weighted by molar-refractivity contribution is -0.131. The molecule has 33 heavy (non-hydrogen) atoms. The van der Waals surface area contributed by atoms with E-state index in [1.807, 2.05) is 42.5 Å². The largest absolute Gasteiger partial charge is 0.488 e. The Morgan fingerprint density at radius 2 is 1.64 bits per heavy atom. The molecule has 0 bridgehead atoms. The van der Waals surface area contributed by atoms with Crippen molar-refractivity contribution in [3.8, 4) is 5.75 Å². The number of carbonyl (C=O) groups is 3. The lowest BCUT2D eigenvalue weighted by Crippen LogP contribution is -2.57. The number of para-hydroxylation sites is 1. The van der Waals surface area contributed by atoms with Crippen LogP contribution in [0.4, 0.5) is 4.79 Å². The van der Waals surface area contributed by atoms with Crippen molar-refractivity contribution in [1.82, 2.24) is 10.2 Å². The first kappa shape index (κ1) is 20.9. The summed E-state index contributed by atoms with van der Waals surface area (Å²) < 4.78 is 6.12. The molecular weight excluding hydrogens is 416 g/mol. The highest BCUT2D eigenvalue weighted by Gasteiger charge is 2.40. The van der Waals surface area contributed by atoms with Crippen LogP contribution in [0.2, 0.25) is 0 Å². The van der Waals surface area contributed by atoms with Crippen molar-refractivity contribution in [2.45, 2.75) is 38.3 Å². The van der Waals surface area contributed by atoms with Gasteiger partial charge in [-0.15, -0.1) is 0 Å². The number of amides is 4. The van der Waals surface area contributed by atoms with Crippen molar-refractivity contribution in [1.29, 1.82) is 0 Å². The molecule has 4 amide bonds. The average Bonchev–Trinajstić information content (AvgIpc) is 3.35. The molecule has 0 atom stereocenters. The standard InChI is InChI=1S/C27H24N2O4/c30-25-23(26(31)29(27(32)28-25)21-12-3-4-13-21)16-19-9-2-6-15-24(19)33-17-20-11-7-10-18-8-1-5-14-22(18)20/h1-2,5-11,14-16,21H,3-4,12-13,17H2,(H,28,30,32)/b23-16+. The number of nitrogens with one attached hydrogen (secondary N) is 1. The molecule has 166 valence electrons. The lowest BCUT2D eigenvalue weighted by Gasteiger charge is -2.31. The molecule has 6 nitrogen and oxygen atoms in total. The molecular formula is C27H24N2O4. The SMILES string of the molecule is O=C1NC(=O)N(C2CCCC2)C(=O)/C1=C/c1ccccc1OCc1cccc2ccccc12. The number of carbonyl (C=O) groups excluding carboxylic acids is 3. The van der Waals surface area contributed by atoms with Gasteiger partial charge in [-0.25, -0.2) is 4.79 Å². The lowest BCUT2D eigenvalue weighted by atomic mass is 10.0. The van der Waals surface area contributed by atoms with E-state index in [9.17, 15) is 14.4 Å². The summed E-state index contributed by atoms with van der Waals surface area (Å²) in [5.74, 6) is -0.662. The highest BCUT2D eigenvalue weighted by atomic mass is 16.5. The molecule has 1 aliphatic carbocycles. The van der Waals surface area contributed by atoms with Crippen molar-refractivity contribution >= 4 is 34.7 Å². The van der Waals surface area contributed by atoms with Gasteiger partial charge in [0.1, 0.15) is 17.9 Å². The second-order valence-electron chi connectivity index (χ2n) is 8.40. The van der Waals surface area contributed by atoms with Gasteiger partial charge in [-0.1, -0.05) is 73.5 Å². The van der Waals surface area contributed by atoms with E-state index < -0.39 is 17.8 Å². The second-order valence-corrected chi connectivity index (χ2v) is 8.40. The fraction of sp³-hybridized carbons (Fsp3) is 0.222.